The summed E-state index contributed by atoms with van der Waals surface area (Å²) >= 11 is 0. The number of alkyl halides is 3. The monoisotopic (exact) mass is 493 g/mol. The SMILES string of the molecule is CN(C(=O)c1cc2cc(OC(F)(F)F)ccc2[nH]1)[C@@H]1COCc2[nH]c(=O)c3cc(F)c(F)cc3c21. The van der Waals surface area contributed by atoms with E-state index in [-0.39, 0.29) is 29.7 Å². The number of hydrogen-bond acceptors (Lipinski definition) is 4. The zero-order chi connectivity index (χ0) is 25.1. The van der Waals surface area contributed by atoms with Gasteiger partial charge in [0, 0.05) is 29.2 Å². The number of amides is 1. The fourth-order valence-corrected chi connectivity index (χ4v) is 4.30. The summed E-state index contributed by atoms with van der Waals surface area (Å²) < 4.78 is 74.9. The number of H-pyrrole nitrogens is 2. The molecule has 2 aromatic heterocycles. The van der Waals surface area contributed by atoms with Gasteiger partial charge in [-0.3, -0.25) is 9.59 Å². The number of aromatic amines is 2. The summed E-state index contributed by atoms with van der Waals surface area (Å²) in [5.74, 6) is -3.29. The Morgan fingerprint density at radius 3 is 2.51 bits per heavy atom. The third-order valence-corrected chi connectivity index (χ3v) is 5.88. The molecular weight excluding hydrogens is 477 g/mol. The topological polar surface area (TPSA) is 87.4 Å². The molecule has 12 heteroatoms. The third-order valence-electron chi connectivity index (χ3n) is 5.88. The second-order valence-electron chi connectivity index (χ2n) is 8.09. The van der Waals surface area contributed by atoms with Crippen LogP contribution in [0.2, 0.25) is 0 Å². The van der Waals surface area contributed by atoms with Gasteiger partial charge in [-0.15, -0.1) is 13.2 Å². The second-order valence-corrected chi connectivity index (χ2v) is 8.09. The van der Waals surface area contributed by atoms with Crippen LogP contribution >= 0.6 is 0 Å². The molecule has 0 spiro atoms. The summed E-state index contributed by atoms with van der Waals surface area (Å²) in [5.41, 5.74) is 0.601. The van der Waals surface area contributed by atoms with E-state index in [0.717, 1.165) is 24.3 Å². The van der Waals surface area contributed by atoms with E-state index in [9.17, 15) is 31.5 Å². The highest BCUT2D eigenvalue weighted by molar-refractivity contribution is 5.99. The maximum atomic E-state index is 14.1. The van der Waals surface area contributed by atoms with Gasteiger partial charge in [-0.2, -0.15) is 0 Å². The van der Waals surface area contributed by atoms with Crippen molar-refractivity contribution in [3.63, 3.8) is 0 Å². The van der Waals surface area contributed by atoms with Crippen molar-refractivity contribution in [1.29, 1.82) is 0 Å². The highest BCUT2D eigenvalue weighted by Gasteiger charge is 2.33. The van der Waals surface area contributed by atoms with Crippen LogP contribution in [0.5, 0.6) is 5.75 Å². The Morgan fingerprint density at radius 1 is 1.09 bits per heavy atom. The molecule has 0 fully saturated rings. The van der Waals surface area contributed by atoms with Crippen molar-refractivity contribution in [3.05, 3.63) is 75.3 Å². The van der Waals surface area contributed by atoms with Crippen molar-refractivity contribution in [1.82, 2.24) is 14.9 Å². The lowest BCUT2D eigenvalue weighted by atomic mass is 9.95. The highest BCUT2D eigenvalue weighted by atomic mass is 19.4. The number of hydrogen-bond donors (Lipinski definition) is 2. The fraction of sp³-hybridized carbons (Fsp3) is 0.217. The van der Waals surface area contributed by atoms with E-state index in [0.29, 0.717) is 22.2 Å². The molecule has 35 heavy (non-hydrogen) atoms. The maximum absolute atomic E-state index is 14.1. The number of nitrogens with zero attached hydrogens (tertiary/aromatic N) is 1. The van der Waals surface area contributed by atoms with Gasteiger partial charge in [0.05, 0.1) is 24.6 Å². The van der Waals surface area contributed by atoms with Crippen LogP contribution in [0.4, 0.5) is 22.0 Å². The van der Waals surface area contributed by atoms with E-state index in [1.807, 2.05) is 0 Å². The molecule has 0 aliphatic carbocycles. The standard InChI is InChI=1S/C23H16F5N3O4/c1-31(22(33)17-5-10-4-11(35-23(26,27)28)2-3-16(10)29-17)19-9-34-8-18-20(19)12-6-14(24)15(25)7-13(12)21(32)30-18/h2-7,19,29H,8-9H2,1H3,(H,30,32)/t19-/m1/s1. The van der Waals surface area contributed by atoms with Gasteiger partial charge in [0.15, 0.2) is 11.6 Å². The van der Waals surface area contributed by atoms with Crippen LogP contribution < -0.4 is 10.3 Å². The Labute approximate surface area is 193 Å². The molecule has 2 N–H and O–H groups in total. The van der Waals surface area contributed by atoms with Gasteiger partial charge in [-0.1, -0.05) is 0 Å². The minimum absolute atomic E-state index is 0.00636. The number of aromatic nitrogens is 2. The van der Waals surface area contributed by atoms with Crippen LogP contribution in [-0.4, -0.2) is 40.8 Å². The second kappa shape index (κ2) is 8.08. The van der Waals surface area contributed by atoms with E-state index in [1.165, 1.54) is 24.1 Å². The first-order valence-electron chi connectivity index (χ1n) is 10.3. The fourth-order valence-electron chi connectivity index (χ4n) is 4.30. The van der Waals surface area contributed by atoms with Gasteiger partial charge in [-0.25, -0.2) is 8.78 Å². The molecular formula is C23H16F5N3O4. The van der Waals surface area contributed by atoms with Gasteiger partial charge in [0.2, 0.25) is 0 Å². The lowest BCUT2D eigenvalue weighted by Gasteiger charge is -2.33. The number of ether oxygens (including phenoxy) is 2. The molecule has 1 amide bonds. The minimum Gasteiger partial charge on any atom is -0.406 e. The molecule has 2 aromatic carbocycles. The quantitative estimate of drug-likeness (QED) is 0.411. The van der Waals surface area contributed by atoms with Gasteiger partial charge < -0.3 is 24.3 Å². The van der Waals surface area contributed by atoms with Crippen LogP contribution in [0.25, 0.3) is 21.7 Å². The zero-order valence-electron chi connectivity index (χ0n) is 17.9. The first-order valence-corrected chi connectivity index (χ1v) is 10.3. The van der Waals surface area contributed by atoms with Crippen molar-refractivity contribution >= 4 is 27.6 Å². The third kappa shape index (κ3) is 4.09. The number of benzene rings is 2. The molecule has 7 nitrogen and oxygen atoms in total. The molecule has 3 heterocycles. The lowest BCUT2D eigenvalue weighted by Crippen LogP contribution is -2.37. The number of carbonyl (C=O) groups is 1. The molecule has 0 radical (unpaired) electrons. The van der Waals surface area contributed by atoms with Gasteiger partial charge in [0.25, 0.3) is 11.5 Å². The van der Waals surface area contributed by atoms with E-state index < -0.39 is 41.3 Å². The predicted octanol–water partition coefficient (Wildman–Crippen LogP) is 4.53. The molecule has 0 bridgehead atoms. The van der Waals surface area contributed by atoms with Crippen molar-refractivity contribution in [2.24, 2.45) is 0 Å². The van der Waals surface area contributed by atoms with Crippen molar-refractivity contribution in [3.8, 4) is 5.75 Å². The predicted molar refractivity (Wildman–Crippen MR) is 114 cm³/mol. The first kappa shape index (κ1) is 22.8. The van der Waals surface area contributed by atoms with Crippen LogP contribution in [0, 0.1) is 11.6 Å². The van der Waals surface area contributed by atoms with Crippen LogP contribution in [-0.2, 0) is 11.3 Å². The van der Waals surface area contributed by atoms with Crippen molar-refractivity contribution in [2.75, 3.05) is 13.7 Å². The summed E-state index contributed by atoms with van der Waals surface area (Å²) in [6, 6.07) is 5.93. The molecule has 0 unspecified atom stereocenters. The number of fused-ring (bicyclic) bond motifs is 4. The molecule has 4 aromatic rings. The van der Waals surface area contributed by atoms with Crippen molar-refractivity contribution < 1.29 is 36.2 Å². The Bertz CT molecular complexity index is 1540. The lowest BCUT2D eigenvalue weighted by molar-refractivity contribution is -0.274. The van der Waals surface area contributed by atoms with Crippen molar-refractivity contribution in [2.45, 2.75) is 19.0 Å². The Kier molecular flexibility index (Phi) is 5.28. The molecule has 0 saturated heterocycles. The number of carbonyl (C=O) groups excluding carboxylic acids is 1. The zero-order valence-corrected chi connectivity index (χ0v) is 17.9. The van der Waals surface area contributed by atoms with E-state index in [1.54, 1.807) is 0 Å². The highest BCUT2D eigenvalue weighted by Crippen LogP contribution is 2.35. The number of likely N-dealkylation sites (N-methyl/N-ethyl adjacent to an activating group) is 1. The average Bonchev–Trinajstić information content (AvgIpc) is 3.21. The molecule has 0 saturated carbocycles. The summed E-state index contributed by atoms with van der Waals surface area (Å²) in [6.45, 7) is 0.0194. The summed E-state index contributed by atoms with van der Waals surface area (Å²) in [7, 11) is 1.46. The van der Waals surface area contributed by atoms with E-state index in [2.05, 4.69) is 14.7 Å². The number of rotatable bonds is 3. The Balaban J connectivity index is 1.53. The maximum Gasteiger partial charge on any atom is 0.573 e. The van der Waals surface area contributed by atoms with Crippen LogP contribution in [0.3, 0.4) is 0 Å². The number of pyridine rings is 1. The van der Waals surface area contributed by atoms with Crippen LogP contribution in [0.15, 0.2) is 41.2 Å². The van der Waals surface area contributed by atoms with Crippen LogP contribution in [0.1, 0.15) is 27.8 Å². The first-order chi connectivity index (χ1) is 16.5. The Hall–Kier alpha value is -3.93. The largest absolute Gasteiger partial charge is 0.573 e. The number of halogens is 5. The summed E-state index contributed by atoms with van der Waals surface area (Å²) in [6.07, 6.45) is -4.86. The normalized spacial score (nSPS) is 15.9. The van der Waals surface area contributed by atoms with E-state index >= 15 is 0 Å². The smallest absolute Gasteiger partial charge is 0.406 e. The molecule has 5 rings (SSSR count). The summed E-state index contributed by atoms with van der Waals surface area (Å²) in [5, 5.41) is 0.399. The summed E-state index contributed by atoms with van der Waals surface area (Å²) in [4.78, 5) is 32.4. The molecule has 182 valence electrons. The van der Waals surface area contributed by atoms with Gasteiger partial charge in [0.1, 0.15) is 11.4 Å². The van der Waals surface area contributed by atoms with Gasteiger partial charge in [-0.05, 0) is 41.8 Å². The molecule has 1 aliphatic rings. The molecule has 1 atom stereocenters. The van der Waals surface area contributed by atoms with E-state index in [4.69, 9.17) is 4.74 Å². The molecule has 1 aliphatic heterocycles. The number of nitrogens with one attached hydrogen (secondary N) is 2. The van der Waals surface area contributed by atoms with Gasteiger partial charge >= 0.3 is 6.36 Å². The minimum atomic E-state index is -4.86. The average molecular weight is 493 g/mol. The Morgan fingerprint density at radius 2 is 1.80 bits per heavy atom.